The van der Waals surface area contributed by atoms with Crippen LogP contribution in [-0.2, 0) is 4.79 Å². The third-order valence-electron chi connectivity index (χ3n) is 2.86. The van der Waals surface area contributed by atoms with Crippen LogP contribution < -0.4 is 4.90 Å². The van der Waals surface area contributed by atoms with Crippen LogP contribution >= 0.6 is 22.6 Å². The second-order valence-corrected chi connectivity index (χ2v) is 5.84. The first-order valence-electron chi connectivity index (χ1n) is 6.25. The van der Waals surface area contributed by atoms with Gasteiger partial charge in [0.1, 0.15) is 0 Å². The molecular formula is C13H17IN2O4. The number of carbonyl (C=O) groups is 1. The van der Waals surface area contributed by atoms with Crippen molar-refractivity contribution in [2.75, 3.05) is 11.4 Å². The Morgan fingerprint density at radius 3 is 2.60 bits per heavy atom. The van der Waals surface area contributed by atoms with Crippen LogP contribution in [0.4, 0.5) is 11.4 Å². The normalized spacial score (nSPS) is 10.6. The monoisotopic (exact) mass is 392 g/mol. The first kappa shape index (κ1) is 16.7. The number of anilines is 1. The molecule has 6 nitrogen and oxygen atoms in total. The van der Waals surface area contributed by atoms with Crippen molar-refractivity contribution in [3.63, 3.8) is 0 Å². The average molecular weight is 392 g/mol. The highest BCUT2D eigenvalue weighted by atomic mass is 127. The average Bonchev–Trinajstić information content (AvgIpc) is 2.34. The first-order valence-corrected chi connectivity index (χ1v) is 7.33. The number of carboxylic acids is 1. The Morgan fingerprint density at radius 1 is 1.50 bits per heavy atom. The molecule has 1 aromatic rings. The number of aliphatic carboxylic acids is 1. The highest BCUT2D eigenvalue weighted by Crippen LogP contribution is 2.28. The van der Waals surface area contributed by atoms with Crippen LogP contribution in [0.5, 0.6) is 0 Å². The van der Waals surface area contributed by atoms with Gasteiger partial charge in [-0.1, -0.05) is 0 Å². The molecule has 0 aromatic heterocycles. The van der Waals surface area contributed by atoms with Crippen molar-refractivity contribution >= 4 is 39.9 Å². The van der Waals surface area contributed by atoms with E-state index >= 15 is 0 Å². The number of hydrogen-bond donors (Lipinski definition) is 1. The summed E-state index contributed by atoms with van der Waals surface area (Å²) < 4.78 is 0.792. The zero-order valence-electron chi connectivity index (χ0n) is 11.4. The van der Waals surface area contributed by atoms with Crippen molar-refractivity contribution in [1.29, 1.82) is 0 Å². The van der Waals surface area contributed by atoms with E-state index in [1.165, 1.54) is 12.1 Å². The number of halogens is 1. The summed E-state index contributed by atoms with van der Waals surface area (Å²) in [5.41, 5.74) is 0.962. The maximum atomic E-state index is 10.7. The molecule has 1 rings (SSSR count). The minimum absolute atomic E-state index is 0.0624. The Bertz CT molecular complexity index is 505. The standard InChI is InChI=1S/C13H17IN2O4/c1-9(2)15(7-3-4-13(17)18)12-6-5-10(16(19)20)8-11(12)14/h5-6,8-9H,3-4,7H2,1-2H3,(H,17,18). The quantitative estimate of drug-likeness (QED) is 0.438. The molecule has 0 aliphatic heterocycles. The maximum absolute atomic E-state index is 10.7. The van der Waals surface area contributed by atoms with Gasteiger partial charge in [-0.25, -0.2) is 0 Å². The Kier molecular flexibility index (Phi) is 6.18. The molecule has 0 radical (unpaired) electrons. The predicted octanol–water partition coefficient (Wildman–Crippen LogP) is 3.28. The Balaban J connectivity index is 2.91. The van der Waals surface area contributed by atoms with Crippen molar-refractivity contribution in [3.8, 4) is 0 Å². The van der Waals surface area contributed by atoms with E-state index in [-0.39, 0.29) is 18.2 Å². The van der Waals surface area contributed by atoms with Gasteiger partial charge < -0.3 is 10.0 Å². The summed E-state index contributed by atoms with van der Waals surface area (Å²) in [6.07, 6.45) is 0.660. The van der Waals surface area contributed by atoms with Crippen molar-refractivity contribution in [1.82, 2.24) is 0 Å². The summed E-state index contributed by atoms with van der Waals surface area (Å²) in [6, 6.07) is 4.92. The fraction of sp³-hybridized carbons (Fsp3) is 0.462. The number of carboxylic acid groups (broad SMARTS) is 1. The summed E-state index contributed by atoms with van der Waals surface area (Å²) in [6.45, 7) is 4.63. The van der Waals surface area contributed by atoms with Crippen LogP contribution in [-0.4, -0.2) is 28.6 Å². The lowest BCUT2D eigenvalue weighted by atomic mass is 10.2. The smallest absolute Gasteiger partial charge is 0.303 e. The number of hydrogen-bond acceptors (Lipinski definition) is 4. The SMILES string of the molecule is CC(C)N(CCCC(=O)O)c1ccc([N+](=O)[O-])cc1I. The summed E-state index contributed by atoms with van der Waals surface area (Å²) in [5.74, 6) is -0.813. The van der Waals surface area contributed by atoms with Crippen LogP contribution in [0.15, 0.2) is 18.2 Å². The van der Waals surface area contributed by atoms with E-state index in [0.29, 0.717) is 13.0 Å². The number of nitrogens with zero attached hydrogens (tertiary/aromatic N) is 2. The van der Waals surface area contributed by atoms with E-state index in [4.69, 9.17) is 5.11 Å². The molecule has 0 unspecified atom stereocenters. The second-order valence-electron chi connectivity index (χ2n) is 4.68. The van der Waals surface area contributed by atoms with Gasteiger partial charge in [-0.2, -0.15) is 0 Å². The van der Waals surface area contributed by atoms with Crippen molar-refractivity contribution in [2.45, 2.75) is 32.7 Å². The van der Waals surface area contributed by atoms with E-state index in [9.17, 15) is 14.9 Å². The molecule has 0 saturated heterocycles. The van der Waals surface area contributed by atoms with Crippen LogP contribution in [0.25, 0.3) is 0 Å². The van der Waals surface area contributed by atoms with E-state index in [1.54, 1.807) is 6.07 Å². The lowest BCUT2D eigenvalue weighted by Crippen LogP contribution is -2.32. The largest absolute Gasteiger partial charge is 0.481 e. The molecule has 0 saturated carbocycles. The minimum Gasteiger partial charge on any atom is -0.481 e. The molecular weight excluding hydrogens is 375 g/mol. The van der Waals surface area contributed by atoms with E-state index in [1.807, 2.05) is 13.8 Å². The van der Waals surface area contributed by atoms with Gasteiger partial charge in [0.2, 0.25) is 0 Å². The van der Waals surface area contributed by atoms with Gasteiger partial charge in [-0.15, -0.1) is 0 Å². The highest BCUT2D eigenvalue weighted by molar-refractivity contribution is 14.1. The molecule has 7 heteroatoms. The van der Waals surface area contributed by atoms with Crippen molar-refractivity contribution in [3.05, 3.63) is 31.9 Å². The van der Waals surface area contributed by atoms with Gasteiger partial charge in [0.15, 0.2) is 0 Å². The summed E-state index contributed by atoms with van der Waals surface area (Å²) >= 11 is 2.07. The number of benzene rings is 1. The van der Waals surface area contributed by atoms with Crippen LogP contribution in [0.1, 0.15) is 26.7 Å². The Hall–Kier alpha value is -1.38. The van der Waals surface area contributed by atoms with Crippen LogP contribution in [0, 0.1) is 13.7 Å². The zero-order chi connectivity index (χ0) is 15.3. The van der Waals surface area contributed by atoms with Gasteiger partial charge in [-0.05, 0) is 48.9 Å². The first-order chi connectivity index (χ1) is 9.32. The van der Waals surface area contributed by atoms with Gasteiger partial charge in [0.25, 0.3) is 5.69 Å². The van der Waals surface area contributed by atoms with Gasteiger partial charge >= 0.3 is 5.97 Å². The van der Waals surface area contributed by atoms with E-state index < -0.39 is 10.9 Å². The topological polar surface area (TPSA) is 83.7 Å². The van der Waals surface area contributed by atoms with Crippen LogP contribution in [0.2, 0.25) is 0 Å². The third kappa shape index (κ3) is 4.62. The molecule has 0 amide bonds. The molecule has 0 spiro atoms. The van der Waals surface area contributed by atoms with E-state index in [2.05, 4.69) is 27.5 Å². The maximum Gasteiger partial charge on any atom is 0.303 e. The molecule has 0 bridgehead atoms. The van der Waals surface area contributed by atoms with Crippen molar-refractivity contribution in [2.24, 2.45) is 0 Å². The fourth-order valence-electron chi connectivity index (χ4n) is 1.90. The molecule has 1 N–H and O–H groups in total. The predicted molar refractivity (Wildman–Crippen MR) is 85.2 cm³/mol. The summed E-state index contributed by atoms with van der Waals surface area (Å²) in [7, 11) is 0. The molecule has 0 atom stereocenters. The minimum atomic E-state index is -0.813. The molecule has 1 aromatic carbocycles. The number of nitro benzene ring substituents is 1. The second kappa shape index (κ2) is 7.41. The van der Waals surface area contributed by atoms with Crippen molar-refractivity contribution < 1.29 is 14.8 Å². The molecule has 0 fully saturated rings. The van der Waals surface area contributed by atoms with Gasteiger partial charge in [0.05, 0.1) is 10.6 Å². The Morgan fingerprint density at radius 2 is 2.15 bits per heavy atom. The lowest BCUT2D eigenvalue weighted by Gasteiger charge is -2.29. The molecule has 20 heavy (non-hydrogen) atoms. The molecule has 0 heterocycles. The number of non-ortho nitro benzene ring substituents is 1. The van der Waals surface area contributed by atoms with Crippen LogP contribution in [0.3, 0.4) is 0 Å². The molecule has 0 aliphatic rings. The van der Waals surface area contributed by atoms with E-state index in [0.717, 1.165) is 9.26 Å². The van der Waals surface area contributed by atoms with Gasteiger partial charge in [0, 0.05) is 34.7 Å². The molecule has 110 valence electrons. The van der Waals surface area contributed by atoms with Gasteiger partial charge in [-0.3, -0.25) is 14.9 Å². The number of nitro groups is 1. The zero-order valence-corrected chi connectivity index (χ0v) is 13.5. The summed E-state index contributed by atoms with van der Waals surface area (Å²) in [4.78, 5) is 23.0. The molecule has 0 aliphatic carbocycles. The summed E-state index contributed by atoms with van der Waals surface area (Å²) in [5, 5.41) is 19.4. The highest BCUT2D eigenvalue weighted by Gasteiger charge is 2.16. The fourth-order valence-corrected chi connectivity index (χ4v) is 2.71. The third-order valence-corrected chi connectivity index (χ3v) is 3.73. The Labute approximate surface area is 131 Å². The lowest BCUT2D eigenvalue weighted by molar-refractivity contribution is -0.384. The number of rotatable bonds is 7.